The van der Waals surface area contributed by atoms with E-state index in [0.29, 0.717) is 5.56 Å². The van der Waals surface area contributed by atoms with E-state index in [0.717, 1.165) is 22.7 Å². The Morgan fingerprint density at radius 2 is 1.76 bits per heavy atom. The molecule has 13 nitrogen and oxygen atoms in total. The van der Waals surface area contributed by atoms with Crippen LogP contribution in [-0.4, -0.2) is 132 Å². The molecular weight excluding hydrogens is 568 g/mol. The van der Waals surface area contributed by atoms with E-state index in [-0.39, 0.29) is 52.1 Å². The van der Waals surface area contributed by atoms with Crippen LogP contribution in [0, 0.1) is 11.6 Å². The maximum absolute atomic E-state index is 13.9. The van der Waals surface area contributed by atoms with Crippen LogP contribution in [0.4, 0.5) is 8.78 Å². The van der Waals surface area contributed by atoms with E-state index in [4.69, 9.17) is 4.74 Å². The Hall–Kier alpha value is -2.76. The Bertz CT molecular complexity index is 1320. The summed E-state index contributed by atoms with van der Waals surface area (Å²) in [6.45, 7) is -0.379. The molecule has 1 aromatic carbocycles. The zero-order valence-electron chi connectivity index (χ0n) is 22.3. The number of fused-ring (bicyclic) bond motifs is 6. The zero-order valence-corrected chi connectivity index (χ0v) is 23.1. The van der Waals surface area contributed by atoms with Gasteiger partial charge in [0.2, 0.25) is 27.7 Å². The molecule has 41 heavy (non-hydrogen) atoms. The molecule has 0 aliphatic carbocycles. The van der Waals surface area contributed by atoms with Crippen LogP contribution in [0.3, 0.4) is 0 Å². The second-order valence-electron chi connectivity index (χ2n) is 11.0. The molecule has 4 aliphatic rings. The number of hydrogen-bond donors (Lipinski definition) is 4. The number of sulfonamides is 1. The lowest BCUT2D eigenvalue weighted by Gasteiger charge is -2.40. The van der Waals surface area contributed by atoms with E-state index >= 15 is 0 Å². The van der Waals surface area contributed by atoms with Crippen molar-refractivity contribution >= 4 is 27.7 Å². The van der Waals surface area contributed by atoms with Crippen molar-refractivity contribution < 1.29 is 46.5 Å². The number of ether oxygens (including phenoxy) is 1. The largest absolute Gasteiger partial charge is 0.388 e. The molecule has 0 unspecified atom stereocenters. The highest BCUT2D eigenvalue weighted by Gasteiger charge is 2.47. The Balaban J connectivity index is 1.45. The summed E-state index contributed by atoms with van der Waals surface area (Å²) >= 11 is 0. The lowest BCUT2D eigenvalue weighted by molar-refractivity contribution is -0.140. The van der Waals surface area contributed by atoms with Gasteiger partial charge in [0.1, 0.15) is 24.4 Å². The third-order valence-electron chi connectivity index (χ3n) is 8.12. The van der Waals surface area contributed by atoms with Crippen molar-refractivity contribution in [2.24, 2.45) is 0 Å². The van der Waals surface area contributed by atoms with Gasteiger partial charge in [-0.3, -0.25) is 19.3 Å². The first-order valence-corrected chi connectivity index (χ1v) is 15.2. The molecule has 4 saturated heterocycles. The number of halogens is 2. The van der Waals surface area contributed by atoms with Gasteiger partial charge in [-0.25, -0.2) is 17.2 Å². The van der Waals surface area contributed by atoms with Crippen LogP contribution >= 0.6 is 0 Å². The monoisotopic (exact) mass is 601 g/mol. The number of aliphatic hydroxyl groups excluding tert-OH is 2. The molecular formula is C25H33F2N5O8S. The average Bonchev–Trinajstić information content (AvgIpc) is 3.42. The Morgan fingerprint density at radius 1 is 1.02 bits per heavy atom. The summed E-state index contributed by atoms with van der Waals surface area (Å²) in [4.78, 5) is 43.0. The van der Waals surface area contributed by atoms with E-state index in [2.05, 4.69) is 10.6 Å². The Labute approximate surface area is 235 Å². The molecule has 1 aromatic rings. The molecule has 16 heteroatoms. The van der Waals surface area contributed by atoms with Gasteiger partial charge in [-0.15, -0.1) is 0 Å². The maximum atomic E-state index is 13.9. The first-order chi connectivity index (χ1) is 19.3. The fourth-order valence-corrected chi connectivity index (χ4v) is 7.09. The third kappa shape index (κ3) is 6.22. The highest BCUT2D eigenvalue weighted by molar-refractivity contribution is 7.88. The molecule has 0 spiro atoms. The molecule has 7 atom stereocenters. The number of amides is 3. The standard InChI is InChI=1S/C25H33F2N5O8S/c1-41(38,39)32-5-4-30-12-18(32)24(36)28-9-20-23(35)22(34)19(40-20)8-21(33)29-14-7-17(25(30)37)31(11-14)10-13-2-3-15(26)16(27)6-13/h2-3,6,14,17-20,22-23,34-35H,4-5,7-12H2,1H3,(H,28,36)(H,29,33)/t14-,17-,18-,19-,20+,22-,23+/m0/s1. The highest BCUT2D eigenvalue weighted by Crippen LogP contribution is 2.27. The van der Waals surface area contributed by atoms with Crippen molar-refractivity contribution in [3.63, 3.8) is 0 Å². The van der Waals surface area contributed by atoms with E-state index in [9.17, 15) is 41.8 Å². The number of benzene rings is 1. The number of carbonyl (C=O) groups is 3. The van der Waals surface area contributed by atoms with Gasteiger partial charge in [-0.1, -0.05) is 6.07 Å². The molecule has 5 rings (SSSR count). The van der Waals surface area contributed by atoms with Gasteiger partial charge in [0.25, 0.3) is 0 Å². The number of nitrogens with zero attached hydrogens (tertiary/aromatic N) is 3. The first-order valence-electron chi connectivity index (χ1n) is 13.3. The molecule has 4 aliphatic heterocycles. The molecule has 0 aromatic heterocycles. The van der Waals surface area contributed by atoms with Crippen LogP contribution in [0.5, 0.6) is 0 Å². The van der Waals surface area contributed by atoms with Gasteiger partial charge < -0.3 is 30.5 Å². The number of rotatable bonds is 3. The predicted molar refractivity (Wildman–Crippen MR) is 137 cm³/mol. The van der Waals surface area contributed by atoms with Gasteiger partial charge in [-0.2, -0.15) is 4.31 Å². The molecule has 0 radical (unpaired) electrons. The summed E-state index contributed by atoms with van der Waals surface area (Å²) < 4.78 is 59.1. The fraction of sp³-hybridized carbons (Fsp3) is 0.640. The average molecular weight is 602 g/mol. The summed E-state index contributed by atoms with van der Waals surface area (Å²) in [5, 5.41) is 26.3. The van der Waals surface area contributed by atoms with Crippen LogP contribution < -0.4 is 10.6 Å². The number of hydrogen-bond acceptors (Lipinski definition) is 9. The second kappa shape index (κ2) is 11.5. The summed E-state index contributed by atoms with van der Waals surface area (Å²) in [5.74, 6) is -3.64. The zero-order chi connectivity index (χ0) is 29.6. The smallest absolute Gasteiger partial charge is 0.240 e. The molecule has 4 N–H and O–H groups in total. The van der Waals surface area contributed by atoms with Gasteiger partial charge in [0, 0.05) is 45.3 Å². The van der Waals surface area contributed by atoms with Gasteiger partial charge in [-0.05, 0) is 24.1 Å². The molecule has 4 fully saturated rings. The fourth-order valence-electron chi connectivity index (χ4n) is 6.05. The second-order valence-corrected chi connectivity index (χ2v) is 12.9. The lowest BCUT2D eigenvalue weighted by atomic mass is 10.0. The van der Waals surface area contributed by atoms with Crippen molar-refractivity contribution in [1.82, 2.24) is 24.7 Å². The van der Waals surface area contributed by atoms with Crippen LogP contribution in [0.2, 0.25) is 0 Å². The number of piperazine rings is 1. The number of nitrogens with one attached hydrogen (secondary N) is 2. The van der Waals surface area contributed by atoms with Crippen LogP contribution in [0.1, 0.15) is 18.4 Å². The van der Waals surface area contributed by atoms with Crippen molar-refractivity contribution in [1.29, 1.82) is 0 Å². The van der Waals surface area contributed by atoms with Crippen molar-refractivity contribution in [2.45, 2.75) is 61.9 Å². The van der Waals surface area contributed by atoms with E-state index in [1.54, 1.807) is 4.90 Å². The topological polar surface area (TPSA) is 169 Å². The third-order valence-corrected chi connectivity index (χ3v) is 9.41. The maximum Gasteiger partial charge on any atom is 0.240 e. The van der Waals surface area contributed by atoms with E-state index in [1.807, 2.05) is 0 Å². The number of carbonyl (C=O) groups excluding carboxylic acids is 3. The van der Waals surface area contributed by atoms with E-state index in [1.165, 1.54) is 11.0 Å². The molecule has 226 valence electrons. The summed E-state index contributed by atoms with van der Waals surface area (Å²) in [6, 6.07) is 0.823. The summed E-state index contributed by atoms with van der Waals surface area (Å²) in [6.07, 6.45) is -4.07. The lowest BCUT2D eigenvalue weighted by Crippen LogP contribution is -2.63. The van der Waals surface area contributed by atoms with Crippen molar-refractivity contribution in [3.05, 3.63) is 35.4 Å². The van der Waals surface area contributed by atoms with Crippen LogP contribution in [0.15, 0.2) is 18.2 Å². The minimum atomic E-state index is -3.83. The van der Waals surface area contributed by atoms with E-state index < -0.39 is 81.9 Å². The van der Waals surface area contributed by atoms with Gasteiger partial charge in [0.05, 0.1) is 24.8 Å². The molecule has 6 bridgehead atoms. The minimum absolute atomic E-state index is 0.0144. The SMILES string of the molecule is CS(=O)(=O)N1CCN2C[C@H]1C(=O)NC[C@H]1O[C@@H](CC(=O)N[C@H]3C[C@@H](C2=O)N(Cc2ccc(F)c(F)c2)C3)[C@H](O)[C@@H]1O. The predicted octanol–water partition coefficient (Wildman–Crippen LogP) is -2.49. The van der Waals surface area contributed by atoms with Crippen molar-refractivity contribution in [2.75, 3.05) is 39.0 Å². The number of aliphatic hydroxyl groups is 2. The van der Waals surface area contributed by atoms with Crippen LogP contribution in [-0.2, 0) is 35.7 Å². The van der Waals surface area contributed by atoms with Gasteiger partial charge >= 0.3 is 0 Å². The summed E-state index contributed by atoms with van der Waals surface area (Å²) in [7, 11) is -3.83. The molecule has 0 saturated carbocycles. The van der Waals surface area contributed by atoms with Crippen LogP contribution in [0.25, 0.3) is 0 Å². The Morgan fingerprint density at radius 3 is 2.46 bits per heavy atom. The Kier molecular flexibility index (Phi) is 8.33. The number of likely N-dealkylation sites (tertiary alicyclic amines) is 1. The van der Waals surface area contributed by atoms with Gasteiger partial charge in [0.15, 0.2) is 11.6 Å². The molecule has 4 heterocycles. The quantitative estimate of drug-likeness (QED) is 0.293. The highest BCUT2D eigenvalue weighted by atomic mass is 32.2. The minimum Gasteiger partial charge on any atom is -0.388 e. The normalized spacial score (nSPS) is 34.0. The molecule has 3 amide bonds. The van der Waals surface area contributed by atoms with Crippen molar-refractivity contribution in [3.8, 4) is 0 Å². The summed E-state index contributed by atoms with van der Waals surface area (Å²) in [5.41, 5.74) is 0.404. The first kappa shape index (κ1) is 29.7.